The summed E-state index contributed by atoms with van der Waals surface area (Å²) in [5.41, 5.74) is 1.73. The number of hydrogen-bond acceptors (Lipinski definition) is 10. The largest absolute Gasteiger partial charge is 0.497 e. The molecule has 0 saturated carbocycles. The van der Waals surface area contributed by atoms with Crippen LogP contribution in [0.5, 0.6) is 11.5 Å². The molecule has 1 saturated heterocycles. The third kappa shape index (κ3) is 9.36. The number of nitrogens with zero attached hydrogens (tertiary/aromatic N) is 5. The van der Waals surface area contributed by atoms with Gasteiger partial charge in [-0.3, -0.25) is 19.1 Å². The third-order valence-electron chi connectivity index (χ3n) is 8.25. The number of nitriles is 1. The second-order valence-electron chi connectivity index (χ2n) is 13.1. The average molecular weight is 735 g/mol. The van der Waals surface area contributed by atoms with E-state index in [9.17, 15) is 14.9 Å². The summed E-state index contributed by atoms with van der Waals surface area (Å²) in [5.74, 6) is 0.702. The van der Waals surface area contributed by atoms with Crippen LogP contribution in [0, 0.1) is 16.7 Å². The molecule has 1 aliphatic heterocycles. The molecule has 0 aliphatic carbocycles. The lowest BCUT2D eigenvalue weighted by atomic mass is 9.93. The standard InChI is InChI=1S/C37H41Cl2N7O5/c1-37(2,3)20-25(21-40)34(47)43-30-7-6-23(16-29(30)38)8-10-46-33-24(22-42-36(44-33)41-9-11-45-12-14-51-15-13-45)17-28(35(46)48)27-18-26(49-4)19-31(50-5)32(27)39/h6-7,16-20,22H,8-15H2,1-5H3,(H,43,47)(H,41,42,44)/b25-20+. The van der Waals surface area contributed by atoms with Crippen molar-refractivity contribution in [1.29, 1.82) is 5.26 Å². The molecule has 0 unspecified atom stereocenters. The summed E-state index contributed by atoms with van der Waals surface area (Å²) in [4.78, 5) is 38.8. The highest BCUT2D eigenvalue weighted by atomic mass is 35.5. The van der Waals surface area contributed by atoms with Crippen LogP contribution in [0.1, 0.15) is 26.3 Å². The molecular formula is C37H41Cl2N7O5. The maximum Gasteiger partial charge on any atom is 0.266 e. The van der Waals surface area contributed by atoms with Gasteiger partial charge in [-0.2, -0.15) is 10.2 Å². The smallest absolute Gasteiger partial charge is 0.266 e. The van der Waals surface area contributed by atoms with Gasteiger partial charge in [0.05, 0.1) is 43.2 Å². The van der Waals surface area contributed by atoms with Crippen molar-refractivity contribution in [3.8, 4) is 28.7 Å². The molecule has 51 heavy (non-hydrogen) atoms. The maximum absolute atomic E-state index is 14.3. The fourth-order valence-corrected chi connectivity index (χ4v) is 6.20. The molecule has 2 N–H and O–H groups in total. The first kappa shape index (κ1) is 37.6. The van der Waals surface area contributed by atoms with Crippen LogP contribution in [0.2, 0.25) is 10.0 Å². The van der Waals surface area contributed by atoms with E-state index in [1.54, 1.807) is 47.2 Å². The average Bonchev–Trinajstić information content (AvgIpc) is 3.11. The number of fused-ring (bicyclic) bond motifs is 1. The summed E-state index contributed by atoms with van der Waals surface area (Å²) >= 11 is 13.4. The second kappa shape index (κ2) is 16.6. The molecule has 2 aromatic heterocycles. The number of aromatic nitrogens is 3. The topological polar surface area (TPSA) is 144 Å². The van der Waals surface area contributed by atoms with E-state index in [0.29, 0.717) is 76.5 Å². The van der Waals surface area contributed by atoms with Gasteiger partial charge < -0.3 is 24.8 Å². The lowest BCUT2D eigenvalue weighted by molar-refractivity contribution is -0.112. The van der Waals surface area contributed by atoms with Gasteiger partial charge in [-0.25, -0.2) is 4.98 Å². The third-order valence-corrected chi connectivity index (χ3v) is 8.95. The molecule has 1 aliphatic rings. The summed E-state index contributed by atoms with van der Waals surface area (Å²) in [6, 6.07) is 12.3. The number of halogens is 2. The van der Waals surface area contributed by atoms with Gasteiger partial charge in [-0.1, -0.05) is 56.1 Å². The number of amides is 1. The number of morpholine rings is 1. The van der Waals surface area contributed by atoms with Crippen LogP contribution in [0.4, 0.5) is 11.6 Å². The van der Waals surface area contributed by atoms with Crippen molar-refractivity contribution in [2.24, 2.45) is 5.41 Å². The Bertz CT molecular complexity index is 2050. The highest BCUT2D eigenvalue weighted by molar-refractivity contribution is 6.35. The molecule has 0 radical (unpaired) electrons. The Balaban J connectivity index is 1.47. The summed E-state index contributed by atoms with van der Waals surface area (Å²) < 4.78 is 18.0. The first-order chi connectivity index (χ1) is 24.4. The van der Waals surface area contributed by atoms with E-state index in [0.717, 1.165) is 25.2 Å². The molecule has 0 bridgehead atoms. The Hall–Kier alpha value is -4.67. The number of benzene rings is 2. The molecule has 0 spiro atoms. The highest BCUT2D eigenvalue weighted by Crippen LogP contribution is 2.38. The number of ether oxygens (including phenoxy) is 3. The number of nitrogens with one attached hydrogen (secondary N) is 2. The van der Waals surface area contributed by atoms with Gasteiger partial charge in [-0.05, 0) is 41.7 Å². The van der Waals surface area contributed by atoms with E-state index in [2.05, 4.69) is 20.5 Å². The maximum atomic E-state index is 14.3. The monoisotopic (exact) mass is 733 g/mol. The normalized spacial score (nSPS) is 13.9. The van der Waals surface area contributed by atoms with E-state index < -0.39 is 5.91 Å². The summed E-state index contributed by atoms with van der Waals surface area (Å²) in [5, 5.41) is 16.7. The Morgan fingerprint density at radius 1 is 1.08 bits per heavy atom. The molecule has 268 valence electrons. The number of rotatable bonds is 12. The van der Waals surface area contributed by atoms with Gasteiger partial charge in [0, 0.05) is 61.5 Å². The van der Waals surface area contributed by atoms with Gasteiger partial charge in [0.15, 0.2) is 0 Å². The molecule has 2 aromatic carbocycles. The number of allylic oxidation sites excluding steroid dienone is 1. The van der Waals surface area contributed by atoms with Gasteiger partial charge in [0.25, 0.3) is 11.5 Å². The van der Waals surface area contributed by atoms with E-state index in [-0.39, 0.29) is 28.1 Å². The first-order valence-corrected chi connectivity index (χ1v) is 17.3. The molecule has 5 rings (SSSR count). The number of methoxy groups -OCH3 is 2. The first-order valence-electron chi connectivity index (χ1n) is 16.5. The summed E-state index contributed by atoms with van der Waals surface area (Å²) in [6.45, 7) is 10.5. The number of pyridine rings is 1. The van der Waals surface area contributed by atoms with E-state index in [1.807, 2.05) is 32.9 Å². The number of hydrogen-bond donors (Lipinski definition) is 2. The zero-order chi connectivity index (χ0) is 36.7. The van der Waals surface area contributed by atoms with Crippen LogP contribution in [0.15, 0.2) is 59.0 Å². The number of anilines is 2. The van der Waals surface area contributed by atoms with Crippen LogP contribution in [-0.2, 0) is 22.5 Å². The predicted molar refractivity (Wildman–Crippen MR) is 200 cm³/mol. The molecule has 0 atom stereocenters. The van der Waals surface area contributed by atoms with Crippen LogP contribution >= 0.6 is 23.2 Å². The molecule has 4 aromatic rings. The minimum Gasteiger partial charge on any atom is -0.497 e. The van der Waals surface area contributed by atoms with Crippen molar-refractivity contribution in [3.05, 3.63) is 80.2 Å². The zero-order valence-corrected chi connectivity index (χ0v) is 30.8. The molecule has 1 fully saturated rings. The van der Waals surface area contributed by atoms with Crippen molar-refractivity contribution in [3.63, 3.8) is 0 Å². The Morgan fingerprint density at radius 3 is 2.51 bits per heavy atom. The molecule has 1 amide bonds. The second-order valence-corrected chi connectivity index (χ2v) is 13.9. The fourth-order valence-electron chi connectivity index (χ4n) is 5.66. The van der Waals surface area contributed by atoms with Crippen molar-refractivity contribution in [2.45, 2.75) is 33.7 Å². The molecule has 14 heteroatoms. The fraction of sp³-hybridized carbons (Fsp3) is 0.378. The number of aryl methyl sites for hydroxylation is 2. The van der Waals surface area contributed by atoms with Crippen molar-refractivity contribution < 1.29 is 19.0 Å². The predicted octanol–water partition coefficient (Wildman–Crippen LogP) is 6.20. The quantitative estimate of drug-likeness (QED) is 0.128. The number of carbonyl (C=O) groups is 1. The highest BCUT2D eigenvalue weighted by Gasteiger charge is 2.20. The van der Waals surface area contributed by atoms with Crippen LogP contribution in [0.25, 0.3) is 22.2 Å². The van der Waals surface area contributed by atoms with E-state index in [1.165, 1.54) is 14.2 Å². The van der Waals surface area contributed by atoms with Crippen LogP contribution in [-0.4, -0.2) is 79.0 Å². The van der Waals surface area contributed by atoms with Crippen molar-refractivity contribution >= 4 is 51.8 Å². The Kier molecular flexibility index (Phi) is 12.2. The summed E-state index contributed by atoms with van der Waals surface area (Å²) in [6.07, 6.45) is 3.70. The van der Waals surface area contributed by atoms with Gasteiger partial charge >= 0.3 is 0 Å². The lowest BCUT2D eigenvalue weighted by Crippen LogP contribution is -2.39. The zero-order valence-electron chi connectivity index (χ0n) is 29.3. The summed E-state index contributed by atoms with van der Waals surface area (Å²) in [7, 11) is 3.02. The van der Waals surface area contributed by atoms with Crippen LogP contribution in [0.3, 0.4) is 0 Å². The lowest BCUT2D eigenvalue weighted by Gasteiger charge is -2.26. The van der Waals surface area contributed by atoms with E-state index >= 15 is 0 Å². The number of carbonyl (C=O) groups excluding carboxylic acids is 1. The minimum atomic E-state index is -0.543. The van der Waals surface area contributed by atoms with Crippen LogP contribution < -0.4 is 25.7 Å². The minimum absolute atomic E-state index is 0.000480. The van der Waals surface area contributed by atoms with Gasteiger partial charge in [0.1, 0.15) is 28.8 Å². The van der Waals surface area contributed by atoms with Gasteiger partial charge in [-0.15, -0.1) is 0 Å². The van der Waals surface area contributed by atoms with Crippen molar-refractivity contribution in [2.75, 3.05) is 64.2 Å². The van der Waals surface area contributed by atoms with Crippen molar-refractivity contribution in [1.82, 2.24) is 19.4 Å². The molecular weight excluding hydrogens is 693 g/mol. The Morgan fingerprint density at radius 2 is 1.84 bits per heavy atom. The SMILES string of the molecule is COc1cc(OC)c(Cl)c(-c2cc3cnc(NCCN4CCOCC4)nc3n(CCc3ccc(NC(=O)/C(C#N)=C/C(C)(C)C)c(Cl)c3)c2=O)c1. The Labute approximate surface area is 306 Å². The van der Waals surface area contributed by atoms with E-state index in [4.69, 9.17) is 42.4 Å². The molecule has 3 heterocycles. The van der Waals surface area contributed by atoms with Gasteiger partial charge in [0.2, 0.25) is 5.95 Å². The molecule has 12 nitrogen and oxygen atoms in total.